The largest absolute Gasteiger partial charge is 0.454 e. The van der Waals surface area contributed by atoms with Gasteiger partial charge in [0.15, 0.2) is 21.3 Å². The van der Waals surface area contributed by atoms with Gasteiger partial charge >= 0.3 is 6.09 Å². The van der Waals surface area contributed by atoms with Crippen molar-refractivity contribution in [1.29, 1.82) is 0 Å². The van der Waals surface area contributed by atoms with Crippen LogP contribution in [0.1, 0.15) is 60.5 Å². The third-order valence-corrected chi connectivity index (χ3v) is 10.7. The SMILES string of the molecule is CCC(Cc1ccccc1)(NC[C@@](C)(O)CS(=O)(=O)c1ccc2c(c1)OCO2)NC(=O)[C@H](NC(=O)OC(C)(C)C)C(C)(C)SC. The Hall–Kier alpha value is -3.00. The predicted octanol–water partition coefficient (Wildman–Crippen LogP) is 4.03. The van der Waals surface area contributed by atoms with Crippen LogP contribution in [0.15, 0.2) is 53.4 Å². The summed E-state index contributed by atoms with van der Waals surface area (Å²) in [6, 6.07) is 12.8. The molecule has 0 spiro atoms. The third-order valence-electron chi connectivity index (χ3n) is 7.47. The summed E-state index contributed by atoms with van der Waals surface area (Å²) >= 11 is 1.42. The Morgan fingerprint density at radius 1 is 1.02 bits per heavy atom. The number of hydrogen-bond donors (Lipinski definition) is 4. The van der Waals surface area contributed by atoms with Crippen molar-refractivity contribution in [3.05, 3.63) is 54.1 Å². The maximum absolute atomic E-state index is 14.0. The summed E-state index contributed by atoms with van der Waals surface area (Å²) in [5.74, 6) is -0.269. The normalized spacial score (nSPS) is 16.6. The summed E-state index contributed by atoms with van der Waals surface area (Å²) in [5.41, 5.74) is -2.71. The molecule has 13 heteroatoms. The highest BCUT2D eigenvalue weighted by atomic mass is 32.2. The first-order valence-corrected chi connectivity index (χ1v) is 17.7. The van der Waals surface area contributed by atoms with Crippen LogP contribution >= 0.6 is 11.8 Å². The molecule has 0 aromatic heterocycles. The van der Waals surface area contributed by atoms with Crippen molar-refractivity contribution in [2.24, 2.45) is 0 Å². The maximum Gasteiger partial charge on any atom is 0.408 e. The lowest BCUT2D eigenvalue weighted by molar-refractivity contribution is -0.126. The summed E-state index contributed by atoms with van der Waals surface area (Å²) in [4.78, 5) is 26.8. The fraction of sp³-hybridized carbons (Fsp3) is 0.562. The molecule has 1 heterocycles. The van der Waals surface area contributed by atoms with Gasteiger partial charge in [-0.1, -0.05) is 37.3 Å². The Kier molecular flexibility index (Phi) is 11.5. The van der Waals surface area contributed by atoms with Crippen molar-refractivity contribution in [2.45, 2.75) is 93.9 Å². The number of thioether (sulfide) groups is 1. The number of ether oxygens (including phenoxy) is 3. The molecule has 3 atom stereocenters. The molecule has 1 aliphatic rings. The van der Waals surface area contributed by atoms with Crippen LogP contribution in [-0.4, -0.2) is 78.5 Å². The highest BCUT2D eigenvalue weighted by Crippen LogP contribution is 2.34. The molecule has 2 aromatic carbocycles. The Morgan fingerprint density at radius 3 is 2.27 bits per heavy atom. The number of rotatable bonds is 14. The van der Waals surface area contributed by atoms with E-state index in [0.717, 1.165) is 5.56 Å². The first kappa shape index (κ1) is 36.5. The van der Waals surface area contributed by atoms with E-state index in [-0.39, 0.29) is 18.2 Å². The lowest BCUT2D eigenvalue weighted by Crippen LogP contribution is -2.67. The topological polar surface area (TPSA) is 152 Å². The van der Waals surface area contributed by atoms with E-state index in [4.69, 9.17) is 14.2 Å². The molecular formula is C32H47N3O8S2. The van der Waals surface area contributed by atoms with Gasteiger partial charge in [-0.3, -0.25) is 10.1 Å². The van der Waals surface area contributed by atoms with E-state index in [0.29, 0.717) is 24.3 Å². The number of fused-ring (bicyclic) bond motifs is 1. The molecule has 0 fully saturated rings. The average Bonchev–Trinajstić information content (AvgIpc) is 3.42. The summed E-state index contributed by atoms with van der Waals surface area (Å²) in [5, 5.41) is 20.5. The van der Waals surface area contributed by atoms with Gasteiger partial charge in [0, 0.05) is 23.8 Å². The van der Waals surface area contributed by atoms with Crippen molar-refractivity contribution in [3.8, 4) is 11.5 Å². The van der Waals surface area contributed by atoms with Crippen LogP contribution in [0.2, 0.25) is 0 Å². The molecule has 3 rings (SSSR count). The van der Waals surface area contributed by atoms with Gasteiger partial charge in [0.05, 0.1) is 21.9 Å². The molecule has 0 aliphatic carbocycles. The van der Waals surface area contributed by atoms with Crippen LogP contribution < -0.4 is 25.4 Å². The summed E-state index contributed by atoms with van der Waals surface area (Å²) in [6.07, 6.45) is 1.82. The minimum Gasteiger partial charge on any atom is -0.454 e. The molecule has 250 valence electrons. The fourth-order valence-electron chi connectivity index (χ4n) is 4.81. The van der Waals surface area contributed by atoms with Crippen LogP contribution in [0.3, 0.4) is 0 Å². The van der Waals surface area contributed by atoms with Crippen LogP contribution in [0, 0.1) is 0 Å². The summed E-state index contributed by atoms with van der Waals surface area (Å²) < 4.78 is 42.0. The van der Waals surface area contributed by atoms with E-state index in [1.54, 1.807) is 20.8 Å². The molecule has 0 radical (unpaired) electrons. The fourth-order valence-corrected chi connectivity index (χ4v) is 6.86. The Balaban J connectivity index is 1.87. The number of hydrogen-bond acceptors (Lipinski definition) is 10. The van der Waals surface area contributed by atoms with E-state index in [2.05, 4.69) is 16.0 Å². The van der Waals surface area contributed by atoms with Gasteiger partial charge in [-0.15, -0.1) is 0 Å². The lowest BCUT2D eigenvalue weighted by atomic mass is 9.93. The van der Waals surface area contributed by atoms with Gasteiger partial charge in [0.1, 0.15) is 11.6 Å². The molecule has 4 N–H and O–H groups in total. The predicted molar refractivity (Wildman–Crippen MR) is 175 cm³/mol. The summed E-state index contributed by atoms with van der Waals surface area (Å²) in [7, 11) is -3.94. The molecule has 1 unspecified atom stereocenters. The smallest absolute Gasteiger partial charge is 0.408 e. The number of nitrogens with one attached hydrogen (secondary N) is 3. The first-order valence-electron chi connectivity index (χ1n) is 14.8. The first-order chi connectivity index (χ1) is 20.8. The second-order valence-electron chi connectivity index (χ2n) is 13.1. The average molecular weight is 666 g/mol. The van der Waals surface area contributed by atoms with Crippen LogP contribution in [0.4, 0.5) is 4.79 Å². The molecule has 2 amide bonds. The van der Waals surface area contributed by atoms with Crippen molar-refractivity contribution >= 4 is 33.6 Å². The van der Waals surface area contributed by atoms with Crippen molar-refractivity contribution < 1.29 is 37.3 Å². The van der Waals surface area contributed by atoms with Crippen LogP contribution in [-0.2, 0) is 25.8 Å². The van der Waals surface area contributed by atoms with Crippen molar-refractivity contribution in [2.75, 3.05) is 25.3 Å². The standard InChI is InChI=1S/C32H47N3O8S2/c1-9-32(18-22-13-11-10-12-14-22,35-27(36)26(30(5,6)44-8)34-28(37)43-29(2,3)4)33-19-31(7,38)20-45(39,40)23-15-16-24-25(17-23)42-21-41-24/h10-17,26,33,38H,9,18-21H2,1-8H3,(H,34,37)(H,35,36)/t26-,31+,32?/m0/s1. The number of carbonyl (C=O) groups is 2. The second-order valence-corrected chi connectivity index (χ2v) is 16.5. The van der Waals surface area contributed by atoms with E-state index >= 15 is 0 Å². The van der Waals surface area contributed by atoms with Gasteiger partial charge < -0.3 is 30.0 Å². The van der Waals surface area contributed by atoms with Crippen LogP contribution in [0.25, 0.3) is 0 Å². The van der Waals surface area contributed by atoms with Gasteiger partial charge in [0.25, 0.3) is 0 Å². The zero-order valence-corrected chi connectivity index (χ0v) is 29.0. The number of benzene rings is 2. The van der Waals surface area contributed by atoms with E-state index in [1.807, 2.05) is 57.4 Å². The Labute approximate surface area is 271 Å². The Morgan fingerprint density at radius 2 is 1.67 bits per heavy atom. The molecule has 2 aromatic rings. The lowest BCUT2D eigenvalue weighted by Gasteiger charge is -2.41. The monoisotopic (exact) mass is 665 g/mol. The van der Waals surface area contributed by atoms with Gasteiger partial charge in [-0.2, -0.15) is 11.8 Å². The molecular weight excluding hydrogens is 618 g/mol. The highest BCUT2D eigenvalue weighted by Gasteiger charge is 2.42. The van der Waals surface area contributed by atoms with Crippen molar-refractivity contribution in [3.63, 3.8) is 0 Å². The van der Waals surface area contributed by atoms with Gasteiger partial charge in [-0.05, 0) is 71.9 Å². The van der Waals surface area contributed by atoms with Gasteiger partial charge in [0.2, 0.25) is 12.7 Å². The minimum atomic E-state index is -3.94. The molecule has 0 saturated carbocycles. The van der Waals surface area contributed by atoms with E-state index in [1.165, 1.54) is 36.9 Å². The zero-order valence-electron chi connectivity index (χ0n) is 27.4. The van der Waals surface area contributed by atoms with Gasteiger partial charge in [-0.25, -0.2) is 13.2 Å². The molecule has 0 bridgehead atoms. The number of amides is 2. The molecule has 11 nitrogen and oxygen atoms in total. The highest BCUT2D eigenvalue weighted by molar-refractivity contribution is 8.00. The maximum atomic E-state index is 14.0. The minimum absolute atomic E-state index is 0.00160. The Bertz CT molecular complexity index is 1440. The van der Waals surface area contributed by atoms with E-state index in [9.17, 15) is 23.1 Å². The molecule has 0 saturated heterocycles. The quantitative estimate of drug-likeness (QED) is 0.218. The second kappa shape index (κ2) is 14.2. The number of alkyl carbamates (subject to hydrolysis) is 1. The molecule has 45 heavy (non-hydrogen) atoms. The molecule has 1 aliphatic heterocycles. The van der Waals surface area contributed by atoms with Crippen molar-refractivity contribution in [1.82, 2.24) is 16.0 Å². The zero-order chi connectivity index (χ0) is 33.7. The van der Waals surface area contributed by atoms with E-state index < -0.39 is 55.2 Å². The number of carbonyl (C=O) groups excluding carboxylic acids is 2. The number of sulfone groups is 1. The number of aliphatic hydroxyl groups is 1. The summed E-state index contributed by atoms with van der Waals surface area (Å²) in [6.45, 7) is 12.1. The van der Waals surface area contributed by atoms with Crippen LogP contribution in [0.5, 0.6) is 11.5 Å². The third kappa shape index (κ3) is 10.2.